The molecule has 6 heteroatoms. The number of aromatic nitrogens is 3. The first kappa shape index (κ1) is 17.2. The average molecular weight is 356 g/mol. The monoisotopic (exact) mass is 355 g/mol. The largest absolute Gasteiger partial charge is 0.344 e. The van der Waals surface area contributed by atoms with Crippen LogP contribution in [-0.2, 0) is 13.6 Å². The maximum Gasteiger partial charge on any atom is 0.209 e. The quantitative estimate of drug-likeness (QED) is 0.657. The van der Waals surface area contributed by atoms with E-state index in [1.165, 1.54) is 0 Å². The van der Waals surface area contributed by atoms with Crippen molar-refractivity contribution in [2.75, 3.05) is 0 Å². The molecule has 0 amide bonds. The van der Waals surface area contributed by atoms with Crippen LogP contribution in [0.2, 0.25) is 5.02 Å². The fraction of sp³-hybridized carbons (Fsp3) is 0.211. The van der Waals surface area contributed by atoms with Crippen molar-refractivity contribution in [2.24, 2.45) is 7.05 Å². The molecule has 128 valence electrons. The van der Waals surface area contributed by atoms with E-state index in [2.05, 4.69) is 4.98 Å². The molecule has 5 nitrogen and oxygen atoms in total. The number of imidazole rings is 1. The third-order valence-corrected chi connectivity index (χ3v) is 4.67. The van der Waals surface area contributed by atoms with Crippen molar-refractivity contribution in [1.82, 2.24) is 14.1 Å². The van der Waals surface area contributed by atoms with E-state index in [0.29, 0.717) is 27.4 Å². The summed E-state index contributed by atoms with van der Waals surface area (Å²) in [4.78, 5) is 29.6. The minimum Gasteiger partial charge on any atom is -0.344 e. The van der Waals surface area contributed by atoms with Crippen LogP contribution in [0.1, 0.15) is 37.7 Å². The van der Waals surface area contributed by atoms with Gasteiger partial charge in [0.05, 0.1) is 18.6 Å². The van der Waals surface area contributed by atoms with Crippen molar-refractivity contribution < 1.29 is 9.59 Å². The molecule has 3 aromatic rings. The van der Waals surface area contributed by atoms with Crippen LogP contribution in [-0.4, -0.2) is 25.7 Å². The first-order chi connectivity index (χ1) is 11.9. The third kappa shape index (κ3) is 3.15. The number of hydrogen-bond donors (Lipinski definition) is 0. The predicted octanol–water partition coefficient (Wildman–Crippen LogP) is 3.61. The van der Waals surface area contributed by atoms with Crippen molar-refractivity contribution in [3.8, 4) is 0 Å². The molecule has 25 heavy (non-hydrogen) atoms. The van der Waals surface area contributed by atoms with E-state index in [1.807, 2.05) is 13.8 Å². The van der Waals surface area contributed by atoms with Gasteiger partial charge in [-0.1, -0.05) is 11.6 Å². The molecule has 0 unspecified atom stereocenters. The van der Waals surface area contributed by atoms with Crippen LogP contribution in [0, 0.1) is 13.8 Å². The Kier molecular flexibility index (Phi) is 4.59. The molecular weight excluding hydrogens is 338 g/mol. The first-order valence-electron chi connectivity index (χ1n) is 7.85. The lowest BCUT2D eigenvalue weighted by Gasteiger charge is -2.06. The molecule has 0 radical (unpaired) electrons. The Balaban J connectivity index is 2.00. The Bertz CT molecular complexity index is 938. The number of rotatable bonds is 5. The molecule has 0 aliphatic rings. The summed E-state index contributed by atoms with van der Waals surface area (Å²) in [5.74, 6) is -0.166. The normalized spacial score (nSPS) is 10.9. The van der Waals surface area contributed by atoms with Crippen LogP contribution >= 0.6 is 11.6 Å². The Hall–Kier alpha value is -2.66. The number of ketones is 2. The first-order valence-corrected chi connectivity index (χ1v) is 8.23. The molecule has 0 N–H and O–H groups in total. The lowest BCUT2D eigenvalue weighted by Crippen LogP contribution is -2.11. The van der Waals surface area contributed by atoms with E-state index in [9.17, 15) is 9.59 Å². The van der Waals surface area contributed by atoms with Crippen LogP contribution in [0.5, 0.6) is 0 Å². The van der Waals surface area contributed by atoms with Gasteiger partial charge in [0.15, 0.2) is 5.78 Å². The molecule has 0 saturated carbocycles. The molecule has 0 saturated heterocycles. The lowest BCUT2D eigenvalue weighted by molar-refractivity contribution is 0.0970. The molecule has 2 heterocycles. The molecule has 0 bridgehead atoms. The topological polar surface area (TPSA) is 56.9 Å². The summed E-state index contributed by atoms with van der Waals surface area (Å²) in [6.45, 7) is 3.87. The van der Waals surface area contributed by atoms with Crippen molar-refractivity contribution in [1.29, 1.82) is 0 Å². The summed E-state index contributed by atoms with van der Waals surface area (Å²) in [7, 11) is 1.81. The van der Waals surface area contributed by atoms with Crippen molar-refractivity contribution in [2.45, 2.75) is 20.4 Å². The van der Waals surface area contributed by atoms with Crippen LogP contribution in [0.15, 0.2) is 43.0 Å². The van der Waals surface area contributed by atoms with Gasteiger partial charge in [0.2, 0.25) is 5.78 Å². The van der Waals surface area contributed by atoms with Crippen molar-refractivity contribution in [3.05, 3.63) is 76.1 Å². The van der Waals surface area contributed by atoms with E-state index in [-0.39, 0.29) is 18.1 Å². The Labute approximate surface area is 150 Å². The van der Waals surface area contributed by atoms with Crippen LogP contribution < -0.4 is 0 Å². The average Bonchev–Trinajstić information content (AvgIpc) is 3.15. The molecule has 1 aromatic carbocycles. The Morgan fingerprint density at radius 1 is 1.16 bits per heavy atom. The molecule has 3 rings (SSSR count). The molecule has 0 fully saturated rings. The van der Waals surface area contributed by atoms with Gasteiger partial charge in [0.25, 0.3) is 0 Å². The van der Waals surface area contributed by atoms with Gasteiger partial charge in [-0.3, -0.25) is 9.59 Å². The third-order valence-electron chi connectivity index (χ3n) is 4.42. The van der Waals surface area contributed by atoms with Gasteiger partial charge in [-0.25, -0.2) is 4.98 Å². The number of nitrogens with zero attached hydrogens (tertiary/aromatic N) is 3. The summed E-state index contributed by atoms with van der Waals surface area (Å²) >= 11 is 5.89. The minimum atomic E-state index is -0.124. The highest BCUT2D eigenvalue weighted by Gasteiger charge is 2.25. The fourth-order valence-corrected chi connectivity index (χ4v) is 3.20. The summed E-state index contributed by atoms with van der Waals surface area (Å²) in [6, 6.07) is 6.76. The van der Waals surface area contributed by atoms with Gasteiger partial charge in [-0.05, 0) is 43.7 Å². The zero-order valence-electron chi connectivity index (χ0n) is 14.3. The summed E-state index contributed by atoms with van der Waals surface area (Å²) in [5, 5.41) is 0.576. The van der Waals surface area contributed by atoms with E-state index in [1.54, 1.807) is 59.2 Å². The number of carbonyl (C=O) groups excluding carboxylic acids is 2. The number of halogens is 1. The maximum atomic E-state index is 12.9. The summed E-state index contributed by atoms with van der Waals surface area (Å²) < 4.78 is 3.50. The number of hydrogen-bond acceptors (Lipinski definition) is 3. The molecule has 0 spiro atoms. The lowest BCUT2D eigenvalue weighted by atomic mass is 10.0. The minimum absolute atomic E-state index is 0.0428. The fourth-order valence-electron chi connectivity index (χ4n) is 3.07. The van der Waals surface area contributed by atoms with Crippen molar-refractivity contribution >= 4 is 23.2 Å². The molecule has 2 aromatic heterocycles. The molecule has 0 aliphatic heterocycles. The molecular formula is C19H18ClN3O2. The van der Waals surface area contributed by atoms with Gasteiger partial charge in [-0.15, -0.1) is 0 Å². The zero-order chi connectivity index (χ0) is 18.1. The highest BCUT2D eigenvalue weighted by Crippen LogP contribution is 2.25. The second-order valence-electron chi connectivity index (χ2n) is 5.99. The zero-order valence-corrected chi connectivity index (χ0v) is 15.0. The SMILES string of the molecule is Cc1c(C(=O)Cn2ccnc2)c(C)n(C)c1C(=O)c1ccc(Cl)cc1. The number of Topliss-reactive ketones (excluding diaryl/α,β-unsaturated/α-hetero) is 1. The number of benzene rings is 1. The van der Waals surface area contributed by atoms with Gasteiger partial charge < -0.3 is 9.13 Å². The van der Waals surface area contributed by atoms with Gasteiger partial charge in [-0.2, -0.15) is 0 Å². The summed E-state index contributed by atoms with van der Waals surface area (Å²) in [5.41, 5.74) is 3.13. The number of carbonyl (C=O) groups is 2. The van der Waals surface area contributed by atoms with Gasteiger partial charge >= 0.3 is 0 Å². The van der Waals surface area contributed by atoms with E-state index >= 15 is 0 Å². The van der Waals surface area contributed by atoms with Gasteiger partial charge in [0.1, 0.15) is 0 Å². The maximum absolute atomic E-state index is 12.9. The van der Waals surface area contributed by atoms with E-state index in [4.69, 9.17) is 11.6 Å². The summed E-state index contributed by atoms with van der Waals surface area (Å²) in [6.07, 6.45) is 4.98. The van der Waals surface area contributed by atoms with Crippen LogP contribution in [0.4, 0.5) is 0 Å². The second-order valence-corrected chi connectivity index (χ2v) is 6.42. The van der Waals surface area contributed by atoms with Gasteiger partial charge in [0, 0.05) is 41.3 Å². The molecule has 0 aliphatic carbocycles. The van der Waals surface area contributed by atoms with E-state index < -0.39 is 0 Å². The standard InChI is InChI=1S/C19H18ClN3O2/c1-12-17(16(24)10-23-9-8-21-11-23)13(2)22(3)18(12)19(25)14-4-6-15(20)7-5-14/h4-9,11H,10H2,1-3H3. The van der Waals surface area contributed by atoms with Crippen molar-refractivity contribution in [3.63, 3.8) is 0 Å². The Morgan fingerprint density at radius 2 is 1.84 bits per heavy atom. The van der Waals surface area contributed by atoms with E-state index in [0.717, 1.165) is 5.69 Å². The smallest absolute Gasteiger partial charge is 0.209 e. The molecule has 0 atom stereocenters. The Morgan fingerprint density at radius 3 is 2.44 bits per heavy atom. The van der Waals surface area contributed by atoms with Crippen LogP contribution in [0.25, 0.3) is 0 Å². The highest BCUT2D eigenvalue weighted by atomic mass is 35.5. The second kappa shape index (κ2) is 6.69. The predicted molar refractivity (Wildman–Crippen MR) is 96.3 cm³/mol. The highest BCUT2D eigenvalue weighted by molar-refractivity contribution is 6.30. The van der Waals surface area contributed by atoms with Crippen LogP contribution in [0.3, 0.4) is 0 Å².